The third-order valence-corrected chi connectivity index (χ3v) is 5.44. The van der Waals surface area contributed by atoms with Crippen LogP contribution >= 0.6 is 23.4 Å². The number of ether oxygens (including phenoxy) is 1. The number of imidazole rings is 1. The predicted molar refractivity (Wildman–Crippen MR) is 99.2 cm³/mol. The van der Waals surface area contributed by atoms with Crippen LogP contribution in [0.5, 0.6) is 5.75 Å². The van der Waals surface area contributed by atoms with Crippen LogP contribution in [0.3, 0.4) is 0 Å². The minimum atomic E-state index is 0.747. The summed E-state index contributed by atoms with van der Waals surface area (Å²) in [6.07, 6.45) is 0.857. The zero-order valence-corrected chi connectivity index (χ0v) is 14.9. The van der Waals surface area contributed by atoms with E-state index < -0.39 is 0 Å². The number of aromatic nitrogens is 2. The number of benzene rings is 2. The van der Waals surface area contributed by atoms with Gasteiger partial charge >= 0.3 is 0 Å². The van der Waals surface area contributed by atoms with Crippen LogP contribution in [0.4, 0.5) is 0 Å². The van der Waals surface area contributed by atoms with Gasteiger partial charge in [-0.2, -0.15) is 0 Å². The van der Waals surface area contributed by atoms with Gasteiger partial charge in [-0.15, -0.1) is 0 Å². The van der Waals surface area contributed by atoms with E-state index in [1.807, 2.05) is 48.2 Å². The van der Waals surface area contributed by atoms with E-state index in [0.717, 1.165) is 45.9 Å². The number of thioether (sulfide) groups is 1. The van der Waals surface area contributed by atoms with Crippen LogP contribution in [0, 0.1) is 0 Å². The summed E-state index contributed by atoms with van der Waals surface area (Å²) in [5.74, 6) is 1.98. The molecule has 1 aliphatic heterocycles. The maximum Gasteiger partial charge on any atom is 0.168 e. The molecule has 0 atom stereocenters. The molecule has 24 heavy (non-hydrogen) atoms. The highest BCUT2D eigenvalue weighted by molar-refractivity contribution is 7.99. The van der Waals surface area contributed by atoms with Crippen molar-refractivity contribution in [1.29, 1.82) is 0 Å². The molecule has 5 heteroatoms. The van der Waals surface area contributed by atoms with Gasteiger partial charge in [0.1, 0.15) is 5.75 Å². The first-order valence-corrected chi connectivity index (χ1v) is 9.22. The minimum Gasteiger partial charge on any atom is -0.497 e. The quantitative estimate of drug-likeness (QED) is 0.664. The van der Waals surface area contributed by atoms with Crippen LogP contribution < -0.4 is 4.74 Å². The summed E-state index contributed by atoms with van der Waals surface area (Å²) in [5, 5.41) is 1.86. The number of fused-ring (bicyclic) bond motifs is 1. The summed E-state index contributed by atoms with van der Waals surface area (Å²) in [5.41, 5.74) is 4.70. The van der Waals surface area contributed by atoms with E-state index in [4.69, 9.17) is 21.3 Å². The highest BCUT2D eigenvalue weighted by Crippen LogP contribution is 2.34. The number of nitrogens with zero attached hydrogens (tertiary/aromatic N) is 2. The molecule has 0 fully saturated rings. The molecular formula is C19H17ClN2OS. The molecule has 0 amide bonds. The molecule has 3 nitrogen and oxygen atoms in total. The lowest BCUT2D eigenvalue weighted by Gasteiger charge is -2.09. The average Bonchev–Trinajstić information content (AvgIpc) is 3.19. The smallest absolute Gasteiger partial charge is 0.168 e. The Labute approximate surface area is 150 Å². The molecule has 2 aromatic carbocycles. The molecule has 2 heterocycles. The largest absolute Gasteiger partial charge is 0.497 e. The Morgan fingerprint density at radius 1 is 1.12 bits per heavy atom. The molecule has 0 bridgehead atoms. The van der Waals surface area contributed by atoms with Crippen molar-refractivity contribution in [2.45, 2.75) is 18.1 Å². The minimum absolute atomic E-state index is 0.747. The number of hydrogen-bond acceptors (Lipinski definition) is 3. The lowest BCUT2D eigenvalue weighted by molar-refractivity contribution is 0.414. The topological polar surface area (TPSA) is 27.1 Å². The van der Waals surface area contributed by atoms with Gasteiger partial charge in [0.15, 0.2) is 5.16 Å². The zero-order chi connectivity index (χ0) is 16.5. The maximum atomic E-state index is 6.03. The third-order valence-electron chi connectivity index (χ3n) is 4.23. The van der Waals surface area contributed by atoms with E-state index in [9.17, 15) is 0 Å². The molecule has 0 saturated heterocycles. The summed E-state index contributed by atoms with van der Waals surface area (Å²) in [6.45, 7) is 1.02. The van der Waals surface area contributed by atoms with Crippen molar-refractivity contribution >= 4 is 23.4 Å². The second-order valence-corrected chi connectivity index (χ2v) is 7.22. The number of halogens is 1. The summed E-state index contributed by atoms with van der Waals surface area (Å²) >= 11 is 7.85. The molecule has 4 rings (SSSR count). The van der Waals surface area contributed by atoms with E-state index in [0.29, 0.717) is 0 Å². The van der Waals surface area contributed by atoms with Gasteiger partial charge < -0.3 is 9.30 Å². The Balaban J connectivity index is 1.74. The normalized spacial score (nSPS) is 13.1. The van der Waals surface area contributed by atoms with E-state index in [1.54, 1.807) is 7.11 Å². The van der Waals surface area contributed by atoms with Crippen LogP contribution in [0.2, 0.25) is 5.02 Å². The van der Waals surface area contributed by atoms with Crippen molar-refractivity contribution in [3.05, 3.63) is 64.8 Å². The first-order chi connectivity index (χ1) is 11.7. The second kappa shape index (κ2) is 6.54. The lowest BCUT2D eigenvalue weighted by atomic mass is 10.0. The Morgan fingerprint density at radius 2 is 1.88 bits per heavy atom. The first-order valence-electron chi connectivity index (χ1n) is 7.85. The molecule has 0 N–H and O–H groups in total. The van der Waals surface area contributed by atoms with E-state index in [2.05, 4.69) is 16.7 Å². The van der Waals surface area contributed by atoms with Gasteiger partial charge in [-0.3, -0.25) is 0 Å². The molecule has 0 unspecified atom stereocenters. The molecule has 122 valence electrons. The van der Waals surface area contributed by atoms with Crippen molar-refractivity contribution in [2.24, 2.45) is 0 Å². The van der Waals surface area contributed by atoms with Crippen LogP contribution in [0.25, 0.3) is 11.3 Å². The lowest BCUT2D eigenvalue weighted by Crippen LogP contribution is -2.03. The third kappa shape index (κ3) is 2.92. The average molecular weight is 357 g/mol. The number of rotatable bonds is 4. The van der Waals surface area contributed by atoms with Gasteiger partial charge in [0.2, 0.25) is 0 Å². The highest BCUT2D eigenvalue weighted by atomic mass is 35.5. The second-order valence-electron chi connectivity index (χ2n) is 5.72. The van der Waals surface area contributed by atoms with Gasteiger partial charge in [-0.05, 0) is 29.8 Å². The Bertz CT molecular complexity index is 856. The Morgan fingerprint density at radius 3 is 2.58 bits per heavy atom. The van der Waals surface area contributed by atoms with E-state index in [-0.39, 0.29) is 0 Å². The SMILES string of the molecule is COc1ccc(Cc2c(-c3ccc(Cl)cc3)nc3n2CCS3)cc1. The highest BCUT2D eigenvalue weighted by Gasteiger charge is 2.22. The molecular weight excluding hydrogens is 340 g/mol. The standard InChI is InChI=1S/C19H17ClN2OS/c1-23-16-8-2-13(3-9-16)12-17-18(14-4-6-15(20)7-5-14)21-19-22(17)10-11-24-19/h2-9H,10-12H2,1H3. The fourth-order valence-corrected chi connectivity index (χ4v) is 4.08. The molecule has 0 radical (unpaired) electrons. The van der Waals surface area contributed by atoms with Crippen LogP contribution in [-0.2, 0) is 13.0 Å². The summed E-state index contributed by atoms with van der Waals surface area (Å²) in [6, 6.07) is 16.2. The van der Waals surface area contributed by atoms with Gasteiger partial charge in [-0.25, -0.2) is 4.98 Å². The van der Waals surface area contributed by atoms with Crippen molar-refractivity contribution in [3.63, 3.8) is 0 Å². The summed E-state index contributed by atoms with van der Waals surface area (Å²) in [4.78, 5) is 4.88. The Kier molecular flexibility index (Phi) is 4.25. The van der Waals surface area contributed by atoms with Crippen molar-refractivity contribution in [3.8, 4) is 17.0 Å². The maximum absolute atomic E-state index is 6.03. The van der Waals surface area contributed by atoms with E-state index in [1.165, 1.54) is 11.3 Å². The molecule has 0 spiro atoms. The monoisotopic (exact) mass is 356 g/mol. The van der Waals surface area contributed by atoms with Gasteiger partial charge in [0, 0.05) is 29.3 Å². The number of hydrogen-bond donors (Lipinski definition) is 0. The molecule has 1 aromatic heterocycles. The number of methoxy groups -OCH3 is 1. The first kappa shape index (κ1) is 15.6. The fraction of sp³-hybridized carbons (Fsp3) is 0.211. The van der Waals surface area contributed by atoms with Crippen LogP contribution in [-0.4, -0.2) is 22.4 Å². The van der Waals surface area contributed by atoms with Crippen molar-refractivity contribution in [1.82, 2.24) is 9.55 Å². The zero-order valence-electron chi connectivity index (χ0n) is 13.3. The van der Waals surface area contributed by atoms with Gasteiger partial charge in [0.05, 0.1) is 18.5 Å². The molecule has 1 aliphatic rings. The predicted octanol–water partition coefficient (Wildman–Crippen LogP) is 4.91. The van der Waals surface area contributed by atoms with Crippen molar-refractivity contribution in [2.75, 3.05) is 12.9 Å². The van der Waals surface area contributed by atoms with Crippen molar-refractivity contribution < 1.29 is 4.74 Å². The summed E-state index contributed by atoms with van der Waals surface area (Å²) in [7, 11) is 1.69. The van der Waals surface area contributed by atoms with Gasteiger partial charge in [-0.1, -0.05) is 47.6 Å². The molecule has 3 aromatic rings. The van der Waals surface area contributed by atoms with Crippen LogP contribution in [0.15, 0.2) is 53.7 Å². The molecule has 0 saturated carbocycles. The Hall–Kier alpha value is -1.91. The fourth-order valence-electron chi connectivity index (χ4n) is 2.99. The van der Waals surface area contributed by atoms with Crippen LogP contribution in [0.1, 0.15) is 11.3 Å². The summed E-state index contributed by atoms with van der Waals surface area (Å²) < 4.78 is 7.60. The molecule has 0 aliphatic carbocycles. The van der Waals surface area contributed by atoms with E-state index >= 15 is 0 Å². The van der Waals surface area contributed by atoms with Gasteiger partial charge in [0.25, 0.3) is 0 Å².